The lowest BCUT2D eigenvalue weighted by atomic mass is 10.0. The fourth-order valence-electron chi connectivity index (χ4n) is 2.28. The molecule has 0 aliphatic carbocycles. The van der Waals surface area contributed by atoms with Gasteiger partial charge in [-0.15, -0.1) is 0 Å². The van der Waals surface area contributed by atoms with E-state index in [1.807, 2.05) is 48.5 Å². The highest BCUT2D eigenvalue weighted by Crippen LogP contribution is 2.23. The van der Waals surface area contributed by atoms with Gasteiger partial charge >= 0.3 is 0 Å². The highest BCUT2D eigenvalue weighted by atomic mass is 35.5. The van der Waals surface area contributed by atoms with Gasteiger partial charge in [-0.1, -0.05) is 41.9 Å². The zero-order chi connectivity index (χ0) is 14.7. The van der Waals surface area contributed by atoms with Gasteiger partial charge in [-0.25, -0.2) is 0 Å². The number of anilines is 1. The fraction of sp³-hybridized carbons (Fsp3) is 0.118. The average molecular weight is 299 g/mol. The van der Waals surface area contributed by atoms with Crippen molar-refractivity contribution in [3.05, 3.63) is 76.5 Å². The first-order chi connectivity index (χ1) is 10.2. The van der Waals surface area contributed by atoms with Gasteiger partial charge in [0.2, 0.25) is 5.91 Å². The lowest BCUT2D eigenvalue weighted by molar-refractivity contribution is -0.117. The van der Waals surface area contributed by atoms with E-state index in [1.165, 1.54) is 0 Å². The lowest BCUT2D eigenvalue weighted by Gasteiger charge is -2.17. The van der Waals surface area contributed by atoms with Gasteiger partial charge in [-0.2, -0.15) is 0 Å². The first-order valence-electron chi connectivity index (χ1n) is 6.78. The van der Waals surface area contributed by atoms with Gasteiger partial charge in [-0.05, 0) is 29.3 Å². The molecule has 0 unspecified atom stereocenters. The minimum absolute atomic E-state index is 0.0491. The number of nitrogens with one attached hydrogen (secondary N) is 2. The topological polar surface area (TPSA) is 41.1 Å². The first-order valence-corrected chi connectivity index (χ1v) is 7.16. The second-order valence-electron chi connectivity index (χ2n) is 4.96. The van der Waals surface area contributed by atoms with E-state index in [-0.39, 0.29) is 5.91 Å². The maximum atomic E-state index is 12.2. The second kappa shape index (κ2) is 6.02. The Morgan fingerprint density at radius 2 is 1.90 bits per heavy atom. The molecule has 0 radical (unpaired) electrons. The molecule has 0 bridgehead atoms. The summed E-state index contributed by atoms with van der Waals surface area (Å²) < 4.78 is 0. The summed E-state index contributed by atoms with van der Waals surface area (Å²) >= 11 is 5.84. The van der Waals surface area contributed by atoms with Gasteiger partial charge in [-0.3, -0.25) is 4.79 Å². The Kier molecular flexibility index (Phi) is 3.93. The van der Waals surface area contributed by atoms with Crippen LogP contribution in [0, 0.1) is 0 Å². The standard InChI is InChI=1S/C17H15ClN2O/c18-15-7-5-12(6-8-15)10-20-17(21)14-9-13-3-1-2-4-16(13)19-11-14/h1-8,11,19H,9-10H2,(H,20,21). The van der Waals surface area contributed by atoms with Crippen molar-refractivity contribution in [2.45, 2.75) is 13.0 Å². The molecular formula is C17H15ClN2O. The zero-order valence-electron chi connectivity index (χ0n) is 11.4. The number of halogens is 1. The molecule has 2 aromatic carbocycles. The predicted octanol–water partition coefficient (Wildman–Crippen LogP) is 3.51. The summed E-state index contributed by atoms with van der Waals surface area (Å²) in [5.41, 5.74) is 3.96. The Morgan fingerprint density at radius 3 is 2.71 bits per heavy atom. The Morgan fingerprint density at radius 1 is 1.14 bits per heavy atom. The van der Waals surface area contributed by atoms with Gasteiger partial charge < -0.3 is 10.6 Å². The van der Waals surface area contributed by atoms with E-state index < -0.39 is 0 Å². The van der Waals surface area contributed by atoms with Crippen molar-refractivity contribution in [1.29, 1.82) is 0 Å². The number of carbonyl (C=O) groups excluding carboxylic acids is 1. The largest absolute Gasteiger partial charge is 0.361 e. The molecule has 2 N–H and O–H groups in total. The summed E-state index contributed by atoms with van der Waals surface area (Å²) in [7, 11) is 0. The van der Waals surface area contributed by atoms with Crippen LogP contribution in [-0.4, -0.2) is 5.91 Å². The highest BCUT2D eigenvalue weighted by Gasteiger charge is 2.15. The molecule has 4 heteroatoms. The van der Waals surface area contributed by atoms with E-state index in [1.54, 1.807) is 6.20 Å². The van der Waals surface area contributed by atoms with Crippen LogP contribution in [-0.2, 0) is 17.8 Å². The molecule has 1 amide bonds. The number of amides is 1. The summed E-state index contributed by atoms with van der Waals surface area (Å²) in [6.07, 6.45) is 2.43. The number of hydrogen-bond donors (Lipinski definition) is 2. The van der Waals surface area contributed by atoms with E-state index >= 15 is 0 Å². The molecule has 0 aromatic heterocycles. The summed E-state index contributed by atoms with van der Waals surface area (Å²) in [5.74, 6) is -0.0491. The monoisotopic (exact) mass is 298 g/mol. The predicted molar refractivity (Wildman–Crippen MR) is 85.2 cm³/mol. The van der Waals surface area contributed by atoms with E-state index in [0.29, 0.717) is 18.0 Å². The molecular weight excluding hydrogens is 284 g/mol. The van der Waals surface area contributed by atoms with E-state index in [0.717, 1.165) is 22.4 Å². The molecule has 0 saturated carbocycles. The molecule has 0 saturated heterocycles. The molecule has 2 aromatic rings. The van der Waals surface area contributed by atoms with Gasteiger partial charge in [0, 0.05) is 35.4 Å². The number of hydrogen-bond acceptors (Lipinski definition) is 2. The van der Waals surface area contributed by atoms with Gasteiger partial charge in [0.15, 0.2) is 0 Å². The molecule has 1 aliphatic heterocycles. The van der Waals surface area contributed by atoms with Crippen LogP contribution in [0.15, 0.2) is 60.3 Å². The molecule has 0 atom stereocenters. The highest BCUT2D eigenvalue weighted by molar-refractivity contribution is 6.30. The van der Waals surface area contributed by atoms with E-state index in [4.69, 9.17) is 11.6 Å². The summed E-state index contributed by atoms with van der Waals surface area (Å²) in [4.78, 5) is 12.2. The van der Waals surface area contributed by atoms with Crippen LogP contribution in [0.5, 0.6) is 0 Å². The Balaban J connectivity index is 1.62. The summed E-state index contributed by atoms with van der Waals surface area (Å²) in [5, 5.41) is 6.78. The van der Waals surface area contributed by atoms with Crippen LogP contribution in [0.1, 0.15) is 11.1 Å². The molecule has 21 heavy (non-hydrogen) atoms. The summed E-state index contributed by atoms with van der Waals surface area (Å²) in [6, 6.07) is 15.5. The third-order valence-corrected chi connectivity index (χ3v) is 3.71. The molecule has 1 aliphatic rings. The smallest absolute Gasteiger partial charge is 0.249 e. The van der Waals surface area contributed by atoms with Crippen molar-refractivity contribution in [1.82, 2.24) is 5.32 Å². The van der Waals surface area contributed by atoms with Gasteiger partial charge in [0.25, 0.3) is 0 Å². The molecule has 3 nitrogen and oxygen atoms in total. The third kappa shape index (κ3) is 3.26. The lowest BCUT2D eigenvalue weighted by Crippen LogP contribution is -2.27. The van der Waals surface area contributed by atoms with Crippen LogP contribution < -0.4 is 10.6 Å². The minimum atomic E-state index is -0.0491. The fourth-order valence-corrected chi connectivity index (χ4v) is 2.41. The van der Waals surface area contributed by atoms with Crippen LogP contribution in [0.3, 0.4) is 0 Å². The first kappa shape index (κ1) is 13.7. The minimum Gasteiger partial charge on any atom is -0.361 e. The van der Waals surface area contributed by atoms with Crippen molar-refractivity contribution in [2.75, 3.05) is 5.32 Å². The van der Waals surface area contributed by atoms with Crippen molar-refractivity contribution in [2.24, 2.45) is 0 Å². The van der Waals surface area contributed by atoms with Crippen molar-refractivity contribution in [3.8, 4) is 0 Å². The molecule has 1 heterocycles. The van der Waals surface area contributed by atoms with Gasteiger partial charge in [0.1, 0.15) is 0 Å². The normalized spacial score (nSPS) is 12.9. The van der Waals surface area contributed by atoms with Crippen molar-refractivity contribution in [3.63, 3.8) is 0 Å². The number of para-hydroxylation sites is 1. The maximum Gasteiger partial charge on any atom is 0.249 e. The SMILES string of the molecule is O=C(NCc1ccc(Cl)cc1)C1=CNc2ccccc2C1. The Bertz CT molecular complexity index is 692. The molecule has 106 valence electrons. The quantitative estimate of drug-likeness (QED) is 0.910. The Labute approximate surface area is 128 Å². The van der Waals surface area contributed by atoms with Crippen LogP contribution in [0.25, 0.3) is 0 Å². The van der Waals surface area contributed by atoms with Crippen molar-refractivity contribution >= 4 is 23.2 Å². The zero-order valence-corrected chi connectivity index (χ0v) is 12.2. The van der Waals surface area contributed by atoms with Crippen LogP contribution in [0.4, 0.5) is 5.69 Å². The van der Waals surface area contributed by atoms with Crippen LogP contribution in [0.2, 0.25) is 5.02 Å². The third-order valence-electron chi connectivity index (χ3n) is 3.46. The molecule has 0 spiro atoms. The average Bonchev–Trinajstić information content (AvgIpc) is 2.53. The number of benzene rings is 2. The maximum absolute atomic E-state index is 12.2. The van der Waals surface area contributed by atoms with Crippen molar-refractivity contribution < 1.29 is 4.79 Å². The van der Waals surface area contributed by atoms with Crippen LogP contribution >= 0.6 is 11.6 Å². The second-order valence-corrected chi connectivity index (χ2v) is 5.39. The van der Waals surface area contributed by atoms with E-state index in [2.05, 4.69) is 10.6 Å². The Hall–Kier alpha value is -2.26. The number of fused-ring (bicyclic) bond motifs is 1. The van der Waals surface area contributed by atoms with E-state index in [9.17, 15) is 4.79 Å². The number of carbonyl (C=O) groups is 1. The number of rotatable bonds is 3. The molecule has 3 rings (SSSR count). The summed E-state index contributed by atoms with van der Waals surface area (Å²) in [6.45, 7) is 0.495. The molecule has 0 fully saturated rings. The van der Waals surface area contributed by atoms with Gasteiger partial charge in [0.05, 0.1) is 0 Å².